The Balaban J connectivity index is 1.13. The first-order chi connectivity index (χ1) is 18.5. The van der Waals surface area contributed by atoms with Crippen LogP contribution in [-0.4, -0.2) is 87.6 Å². The third-order valence-electron chi connectivity index (χ3n) is 8.66. The monoisotopic (exact) mass is 578 g/mol. The largest absolute Gasteiger partial charge is 0.377 e. The molecule has 2 bridgehead atoms. The number of rotatable bonds is 3. The number of nitrogens with zero attached hydrogens (tertiary/aromatic N) is 5. The molecule has 3 saturated heterocycles. The molecule has 3 amide bonds. The van der Waals surface area contributed by atoms with E-state index in [1.165, 1.54) is 0 Å². The quantitative estimate of drug-likeness (QED) is 0.511. The van der Waals surface area contributed by atoms with Crippen molar-refractivity contribution in [1.29, 1.82) is 0 Å². The maximum atomic E-state index is 14.1. The molecule has 1 N–H and O–H groups in total. The van der Waals surface area contributed by atoms with E-state index in [9.17, 15) is 14.4 Å². The highest BCUT2D eigenvalue weighted by molar-refractivity contribution is 9.10. The summed E-state index contributed by atoms with van der Waals surface area (Å²) in [7, 11) is 0. The summed E-state index contributed by atoms with van der Waals surface area (Å²) in [6, 6.07) is 9.47. The summed E-state index contributed by atoms with van der Waals surface area (Å²) in [5.41, 5.74) is 2.71. The van der Waals surface area contributed by atoms with Gasteiger partial charge in [-0.2, -0.15) is 5.10 Å². The molecular formula is C27H27BrN6O4. The van der Waals surface area contributed by atoms with Gasteiger partial charge >= 0.3 is 0 Å². The number of hydrogen-bond acceptors (Lipinski definition) is 6. The van der Waals surface area contributed by atoms with E-state index in [0.717, 1.165) is 34.1 Å². The Bertz CT molecular complexity index is 1450. The van der Waals surface area contributed by atoms with Gasteiger partial charge in [-0.25, -0.2) is 4.98 Å². The third kappa shape index (κ3) is 3.51. The first kappa shape index (κ1) is 23.8. The van der Waals surface area contributed by atoms with Crippen molar-refractivity contribution in [3.8, 4) is 0 Å². The van der Waals surface area contributed by atoms with E-state index in [1.807, 2.05) is 23.1 Å². The molecule has 7 rings (SSSR count). The predicted octanol–water partition coefficient (Wildman–Crippen LogP) is 2.63. The second-order valence-electron chi connectivity index (χ2n) is 10.6. The number of halogens is 1. The van der Waals surface area contributed by atoms with Gasteiger partial charge in [0, 0.05) is 28.8 Å². The Morgan fingerprint density at radius 2 is 1.87 bits per heavy atom. The molecule has 10 nitrogen and oxygen atoms in total. The van der Waals surface area contributed by atoms with Gasteiger partial charge in [0.05, 0.1) is 42.4 Å². The maximum absolute atomic E-state index is 14.1. The van der Waals surface area contributed by atoms with Gasteiger partial charge in [-0.1, -0.05) is 22.0 Å². The number of piperidine rings is 1. The number of H-pyrrole nitrogens is 1. The normalized spacial score (nSPS) is 23.9. The van der Waals surface area contributed by atoms with Crippen LogP contribution in [0.4, 0.5) is 5.69 Å². The van der Waals surface area contributed by atoms with Crippen LogP contribution in [0.2, 0.25) is 0 Å². The maximum Gasteiger partial charge on any atom is 0.272 e. The Labute approximate surface area is 227 Å². The summed E-state index contributed by atoms with van der Waals surface area (Å²) in [5.74, 6) is -0.237. The number of nitrogens with one attached hydrogen (secondary N) is 1. The average Bonchev–Trinajstić information content (AvgIpc) is 3.57. The number of aromatic nitrogens is 3. The number of fused-ring (bicyclic) bond motifs is 5. The van der Waals surface area contributed by atoms with Crippen LogP contribution in [0.1, 0.15) is 41.7 Å². The number of pyridine rings is 1. The zero-order chi connectivity index (χ0) is 26.0. The molecule has 0 aliphatic carbocycles. The van der Waals surface area contributed by atoms with Crippen LogP contribution in [0, 0.1) is 0 Å². The zero-order valence-electron chi connectivity index (χ0n) is 20.7. The third-order valence-corrected chi connectivity index (χ3v) is 9.32. The molecule has 1 spiro atoms. The topological polar surface area (TPSA) is 112 Å². The highest BCUT2D eigenvalue weighted by Crippen LogP contribution is 2.51. The van der Waals surface area contributed by atoms with E-state index in [2.05, 4.69) is 31.1 Å². The van der Waals surface area contributed by atoms with Crippen molar-refractivity contribution in [1.82, 2.24) is 25.0 Å². The van der Waals surface area contributed by atoms with E-state index >= 15 is 0 Å². The summed E-state index contributed by atoms with van der Waals surface area (Å²) < 4.78 is 6.50. The highest BCUT2D eigenvalue weighted by atomic mass is 79.9. The van der Waals surface area contributed by atoms with E-state index in [1.54, 1.807) is 28.1 Å². The van der Waals surface area contributed by atoms with Crippen LogP contribution in [0.5, 0.6) is 0 Å². The predicted molar refractivity (Wildman–Crippen MR) is 142 cm³/mol. The molecule has 38 heavy (non-hydrogen) atoms. The fraction of sp³-hybridized carbons (Fsp3) is 0.444. The average molecular weight is 579 g/mol. The number of aromatic amines is 1. The lowest BCUT2D eigenvalue weighted by Gasteiger charge is -2.39. The number of carbonyl (C=O) groups excluding carboxylic acids is 3. The van der Waals surface area contributed by atoms with Gasteiger partial charge in [0.2, 0.25) is 11.8 Å². The Hall–Kier alpha value is -3.31. The van der Waals surface area contributed by atoms with Gasteiger partial charge in [-0.15, -0.1) is 0 Å². The minimum Gasteiger partial charge on any atom is -0.377 e. The SMILES string of the molecule is O=C(c1ccc2[nH]ncc2n1)N1CCC2(CC1)C(=O)N(CC(=O)N1C3CCC1COC3)c1cccc(Br)c12. The molecule has 1 aromatic carbocycles. The number of amides is 3. The molecule has 0 radical (unpaired) electrons. The minimum atomic E-state index is -0.779. The first-order valence-corrected chi connectivity index (χ1v) is 13.8. The number of likely N-dealkylation sites (tertiary alicyclic amines) is 1. The van der Waals surface area contributed by atoms with E-state index < -0.39 is 5.41 Å². The molecule has 6 heterocycles. The first-order valence-electron chi connectivity index (χ1n) is 13.1. The van der Waals surface area contributed by atoms with Gasteiger partial charge in [0.25, 0.3) is 5.91 Å². The molecule has 2 atom stereocenters. The number of hydrogen-bond donors (Lipinski definition) is 1. The molecular weight excluding hydrogens is 552 g/mol. The number of morpholine rings is 1. The smallest absolute Gasteiger partial charge is 0.272 e. The van der Waals surface area contributed by atoms with Crippen LogP contribution in [0.3, 0.4) is 0 Å². The summed E-state index contributed by atoms with van der Waals surface area (Å²) in [4.78, 5) is 50.8. The number of benzene rings is 1. The summed E-state index contributed by atoms with van der Waals surface area (Å²) >= 11 is 3.69. The zero-order valence-corrected chi connectivity index (χ0v) is 22.3. The van der Waals surface area contributed by atoms with Gasteiger partial charge in [0.15, 0.2) is 0 Å². The molecule has 3 aromatic rings. The number of anilines is 1. The van der Waals surface area contributed by atoms with Crippen molar-refractivity contribution >= 4 is 50.4 Å². The van der Waals surface area contributed by atoms with Gasteiger partial charge in [-0.3, -0.25) is 19.5 Å². The lowest BCUT2D eigenvalue weighted by atomic mass is 9.73. The van der Waals surface area contributed by atoms with Gasteiger partial charge in [0.1, 0.15) is 17.8 Å². The van der Waals surface area contributed by atoms with Crippen molar-refractivity contribution in [2.45, 2.75) is 43.2 Å². The summed E-state index contributed by atoms with van der Waals surface area (Å²) in [6.45, 7) is 2.00. The van der Waals surface area contributed by atoms with Crippen molar-refractivity contribution in [2.75, 3.05) is 37.7 Å². The summed E-state index contributed by atoms with van der Waals surface area (Å²) in [5, 5.41) is 6.82. The molecule has 2 unspecified atom stereocenters. The molecule has 11 heteroatoms. The molecule has 0 saturated carbocycles. The molecule has 2 aromatic heterocycles. The van der Waals surface area contributed by atoms with Crippen LogP contribution in [0.25, 0.3) is 11.0 Å². The van der Waals surface area contributed by atoms with Crippen LogP contribution in [0.15, 0.2) is 41.0 Å². The lowest BCUT2D eigenvalue weighted by Crippen LogP contribution is -2.54. The van der Waals surface area contributed by atoms with Crippen LogP contribution < -0.4 is 4.90 Å². The van der Waals surface area contributed by atoms with Crippen molar-refractivity contribution < 1.29 is 19.1 Å². The number of ether oxygens (including phenoxy) is 1. The minimum absolute atomic E-state index is 0.0221. The molecule has 3 fully saturated rings. The highest BCUT2D eigenvalue weighted by Gasteiger charge is 2.54. The summed E-state index contributed by atoms with van der Waals surface area (Å²) in [6.07, 6.45) is 4.45. The molecule has 4 aliphatic heterocycles. The van der Waals surface area contributed by atoms with Crippen molar-refractivity contribution in [2.24, 2.45) is 0 Å². The van der Waals surface area contributed by atoms with Gasteiger partial charge in [-0.05, 0) is 49.9 Å². The fourth-order valence-electron chi connectivity index (χ4n) is 6.76. The van der Waals surface area contributed by atoms with Crippen LogP contribution >= 0.6 is 15.9 Å². The number of carbonyl (C=O) groups is 3. The van der Waals surface area contributed by atoms with Crippen molar-refractivity contribution in [3.63, 3.8) is 0 Å². The van der Waals surface area contributed by atoms with E-state index in [0.29, 0.717) is 50.4 Å². The molecule has 196 valence electrons. The fourth-order valence-corrected chi connectivity index (χ4v) is 7.50. The van der Waals surface area contributed by atoms with E-state index in [4.69, 9.17) is 4.74 Å². The second-order valence-corrected chi connectivity index (χ2v) is 11.5. The van der Waals surface area contributed by atoms with E-state index in [-0.39, 0.29) is 36.3 Å². The standard InChI is InChI=1S/C27H27BrN6O4/c28-18-2-1-3-22-24(18)27(26(37)33(22)13-23(35)34-16-4-5-17(34)15-38-14-16)8-10-32(11-9-27)25(36)20-7-6-19-21(30-20)12-29-31-19/h1-3,6-7,12,16-17H,4-5,8-11,13-15H2,(H,29,31). The Morgan fingerprint density at radius 1 is 1.11 bits per heavy atom. The van der Waals surface area contributed by atoms with Crippen LogP contribution in [-0.2, 0) is 19.7 Å². The Kier molecular flexibility index (Phi) is 5.55. The van der Waals surface area contributed by atoms with Crippen molar-refractivity contribution in [3.05, 3.63) is 52.3 Å². The lowest BCUT2D eigenvalue weighted by molar-refractivity contribution is -0.140. The molecule has 4 aliphatic rings. The van der Waals surface area contributed by atoms with Gasteiger partial charge < -0.3 is 19.4 Å². The second kappa shape index (κ2) is 8.88. The Morgan fingerprint density at radius 3 is 2.63 bits per heavy atom.